The van der Waals surface area contributed by atoms with Crippen LogP contribution in [0.1, 0.15) is 14.5 Å². The summed E-state index contributed by atoms with van der Waals surface area (Å²) in [6.07, 6.45) is 1.21. The van der Waals surface area contributed by atoms with Crippen molar-refractivity contribution in [3.05, 3.63) is 46.2 Å². The van der Waals surface area contributed by atoms with Crippen molar-refractivity contribution in [2.24, 2.45) is 0 Å². The van der Waals surface area contributed by atoms with Crippen molar-refractivity contribution < 1.29 is 32.2 Å². The first-order valence-electron chi connectivity index (χ1n) is 9.16. The van der Waals surface area contributed by atoms with Crippen LogP contribution in [0.25, 0.3) is 0 Å². The van der Waals surface area contributed by atoms with Crippen LogP contribution >= 0.6 is 11.3 Å². The van der Waals surface area contributed by atoms with Crippen LogP contribution in [0.4, 0.5) is 0 Å². The Morgan fingerprint density at radius 2 is 1.97 bits per heavy atom. The lowest BCUT2D eigenvalue weighted by molar-refractivity contribution is -0.124. The molecule has 0 aliphatic carbocycles. The van der Waals surface area contributed by atoms with Crippen molar-refractivity contribution in [2.75, 3.05) is 32.6 Å². The highest BCUT2D eigenvalue weighted by molar-refractivity contribution is 7.88. The zero-order valence-corrected chi connectivity index (χ0v) is 17.9. The summed E-state index contributed by atoms with van der Waals surface area (Å²) in [6, 6.07) is 10.6. The fourth-order valence-corrected chi connectivity index (χ4v) is 4.00. The Bertz CT molecular complexity index is 1000. The molecule has 162 valence electrons. The van der Waals surface area contributed by atoms with Gasteiger partial charge in [0.25, 0.3) is 5.91 Å². The molecule has 30 heavy (non-hydrogen) atoms. The zero-order chi connectivity index (χ0) is 21.6. The fourth-order valence-electron chi connectivity index (χ4n) is 2.63. The summed E-state index contributed by atoms with van der Waals surface area (Å²) in [7, 11) is -3.25. The molecule has 0 unspecified atom stereocenters. The number of carbonyl (C=O) groups is 2. The molecule has 0 radical (unpaired) electrons. The second-order valence-corrected chi connectivity index (χ2v) is 9.56. The molecule has 1 aromatic heterocycles. The van der Waals surface area contributed by atoms with Crippen molar-refractivity contribution in [2.45, 2.75) is 12.5 Å². The van der Waals surface area contributed by atoms with Gasteiger partial charge in [0.1, 0.15) is 17.6 Å². The van der Waals surface area contributed by atoms with Gasteiger partial charge in [0, 0.05) is 11.4 Å². The quantitative estimate of drug-likeness (QED) is 0.542. The smallest absolute Gasteiger partial charge is 0.348 e. The summed E-state index contributed by atoms with van der Waals surface area (Å²) in [5.74, 6) is 0.231. The van der Waals surface area contributed by atoms with Crippen molar-refractivity contribution in [1.29, 1.82) is 0 Å². The molecule has 1 amide bonds. The topological polar surface area (TPSA) is 120 Å². The minimum Gasteiger partial charge on any atom is -0.486 e. The molecular weight excluding hydrogens is 432 g/mol. The number of sulfonamides is 1. The highest BCUT2D eigenvalue weighted by Gasteiger charge is 2.21. The third-order valence-electron chi connectivity index (χ3n) is 4.03. The summed E-state index contributed by atoms with van der Waals surface area (Å²) >= 11 is 1.20. The first kappa shape index (κ1) is 22.1. The molecule has 1 aliphatic rings. The molecule has 2 N–H and O–H groups in total. The van der Waals surface area contributed by atoms with Gasteiger partial charge in [-0.05, 0) is 30.7 Å². The van der Waals surface area contributed by atoms with Crippen LogP contribution in [-0.4, -0.2) is 59.0 Å². The van der Waals surface area contributed by atoms with Crippen molar-refractivity contribution in [3.8, 4) is 11.5 Å². The molecule has 0 saturated carbocycles. The van der Waals surface area contributed by atoms with Gasteiger partial charge < -0.3 is 19.5 Å². The van der Waals surface area contributed by atoms with E-state index in [1.807, 2.05) is 18.2 Å². The lowest BCUT2D eigenvalue weighted by Crippen LogP contribution is -2.42. The van der Waals surface area contributed by atoms with Crippen LogP contribution in [0.2, 0.25) is 0 Å². The van der Waals surface area contributed by atoms with Gasteiger partial charge in [0.2, 0.25) is 10.0 Å². The van der Waals surface area contributed by atoms with Gasteiger partial charge in [0.05, 0.1) is 12.8 Å². The summed E-state index contributed by atoms with van der Waals surface area (Å²) in [5.41, 5.74) is 0. The maximum Gasteiger partial charge on any atom is 0.348 e. The molecule has 0 spiro atoms. The number of nitrogens with one attached hydrogen (secondary N) is 2. The van der Waals surface area contributed by atoms with Gasteiger partial charge in [-0.25, -0.2) is 17.9 Å². The first-order chi connectivity index (χ1) is 14.3. The molecule has 3 rings (SSSR count). The van der Waals surface area contributed by atoms with Crippen LogP contribution < -0.4 is 19.5 Å². The second-order valence-electron chi connectivity index (χ2n) is 6.56. The minimum absolute atomic E-state index is 0.223. The Balaban J connectivity index is 1.37. The number of thiophene rings is 1. The van der Waals surface area contributed by atoms with E-state index in [2.05, 4.69) is 10.0 Å². The third-order valence-corrected chi connectivity index (χ3v) is 5.88. The lowest BCUT2D eigenvalue weighted by Gasteiger charge is -2.26. The van der Waals surface area contributed by atoms with E-state index in [4.69, 9.17) is 14.2 Å². The molecule has 0 saturated heterocycles. The molecule has 1 aliphatic heterocycles. The van der Waals surface area contributed by atoms with E-state index in [0.717, 1.165) is 11.1 Å². The Labute approximate surface area is 178 Å². The van der Waals surface area contributed by atoms with E-state index < -0.39 is 28.5 Å². The van der Waals surface area contributed by atoms with Crippen molar-refractivity contribution >= 4 is 33.2 Å². The lowest BCUT2D eigenvalue weighted by atomic mass is 10.2. The summed E-state index contributed by atoms with van der Waals surface area (Å²) in [5, 5.41) is 2.65. The van der Waals surface area contributed by atoms with E-state index in [-0.39, 0.29) is 19.2 Å². The summed E-state index contributed by atoms with van der Waals surface area (Å²) in [4.78, 5) is 25.2. The molecule has 2 heterocycles. The number of fused-ring (bicyclic) bond motifs is 1. The predicted octanol–water partition coefficient (Wildman–Crippen LogP) is 0.953. The Morgan fingerprint density at radius 3 is 2.73 bits per heavy atom. The van der Waals surface area contributed by atoms with Crippen LogP contribution in [0.3, 0.4) is 0 Å². The Hall–Kier alpha value is -2.63. The summed E-state index contributed by atoms with van der Waals surface area (Å²) < 4.78 is 40.9. The number of amides is 1. The van der Waals surface area contributed by atoms with Gasteiger partial charge in [-0.3, -0.25) is 4.79 Å². The molecule has 9 nitrogen and oxygen atoms in total. The van der Waals surface area contributed by atoms with E-state index in [1.165, 1.54) is 11.3 Å². The normalized spacial score (nSPS) is 15.4. The van der Waals surface area contributed by atoms with Gasteiger partial charge in [-0.1, -0.05) is 12.1 Å². The SMILES string of the molecule is CS(=O)(=O)NCCc1ccc(C(=O)OCC(=O)NC[C@H]2COc3ccccc3O2)s1. The van der Waals surface area contributed by atoms with E-state index in [0.29, 0.717) is 29.4 Å². The maximum atomic E-state index is 12.1. The van der Waals surface area contributed by atoms with E-state index in [1.54, 1.807) is 18.2 Å². The highest BCUT2D eigenvalue weighted by Crippen LogP contribution is 2.30. The molecule has 1 atom stereocenters. The van der Waals surface area contributed by atoms with Crippen LogP contribution in [-0.2, 0) is 26.0 Å². The number of carbonyl (C=O) groups excluding carboxylic acids is 2. The average Bonchev–Trinajstić information content (AvgIpc) is 3.18. The Kier molecular flexibility index (Phi) is 7.29. The second kappa shape index (κ2) is 9.92. The van der Waals surface area contributed by atoms with Crippen molar-refractivity contribution in [3.63, 3.8) is 0 Å². The molecule has 0 bridgehead atoms. The molecule has 0 fully saturated rings. The van der Waals surface area contributed by atoms with Crippen LogP contribution in [0.15, 0.2) is 36.4 Å². The monoisotopic (exact) mass is 454 g/mol. The minimum atomic E-state index is -3.25. The van der Waals surface area contributed by atoms with Gasteiger partial charge >= 0.3 is 5.97 Å². The number of benzene rings is 1. The summed E-state index contributed by atoms with van der Waals surface area (Å²) in [6.45, 7) is 0.365. The molecule has 2 aromatic rings. The van der Waals surface area contributed by atoms with Crippen LogP contribution in [0.5, 0.6) is 11.5 Å². The predicted molar refractivity (Wildman–Crippen MR) is 111 cm³/mol. The highest BCUT2D eigenvalue weighted by atomic mass is 32.2. The largest absolute Gasteiger partial charge is 0.486 e. The number of rotatable bonds is 9. The fraction of sp³-hybridized carbons (Fsp3) is 0.368. The first-order valence-corrected chi connectivity index (χ1v) is 11.9. The zero-order valence-electron chi connectivity index (χ0n) is 16.3. The number of hydrogen-bond donors (Lipinski definition) is 2. The maximum absolute atomic E-state index is 12.1. The molecule has 1 aromatic carbocycles. The standard InChI is InChI=1S/C19H22N2O7S2/c1-30(24,25)21-9-8-14-6-7-17(29-14)19(23)27-12-18(22)20-10-13-11-26-15-4-2-3-5-16(15)28-13/h2-7,13,21H,8-12H2,1H3,(H,20,22)/t13-/m0/s1. The molecular formula is C19H22N2O7S2. The molecule has 11 heteroatoms. The van der Waals surface area contributed by atoms with E-state index in [9.17, 15) is 18.0 Å². The van der Waals surface area contributed by atoms with Gasteiger partial charge in [-0.15, -0.1) is 11.3 Å². The van der Waals surface area contributed by atoms with Gasteiger partial charge in [0.15, 0.2) is 18.1 Å². The van der Waals surface area contributed by atoms with E-state index >= 15 is 0 Å². The average molecular weight is 455 g/mol. The van der Waals surface area contributed by atoms with Gasteiger partial charge in [-0.2, -0.15) is 0 Å². The number of esters is 1. The van der Waals surface area contributed by atoms with Crippen molar-refractivity contribution in [1.82, 2.24) is 10.0 Å². The third kappa shape index (κ3) is 6.71. The number of ether oxygens (including phenoxy) is 3. The number of para-hydroxylation sites is 2. The Morgan fingerprint density at radius 1 is 1.20 bits per heavy atom. The number of hydrogen-bond acceptors (Lipinski definition) is 8. The van der Waals surface area contributed by atoms with Crippen LogP contribution in [0, 0.1) is 0 Å².